The van der Waals surface area contributed by atoms with Crippen LogP contribution in [-0.2, 0) is 16.1 Å². The van der Waals surface area contributed by atoms with Gasteiger partial charge in [0.25, 0.3) is 11.1 Å². The number of aryl methyl sites for hydroxylation is 1. The van der Waals surface area contributed by atoms with Gasteiger partial charge < -0.3 is 9.84 Å². The van der Waals surface area contributed by atoms with Gasteiger partial charge in [-0.25, -0.2) is 4.79 Å². The van der Waals surface area contributed by atoms with E-state index in [1.807, 2.05) is 31.2 Å². The number of nitrogens with zero attached hydrogens (tertiary/aromatic N) is 1. The van der Waals surface area contributed by atoms with Crippen LogP contribution in [0.15, 0.2) is 51.8 Å². The highest BCUT2D eigenvalue weighted by molar-refractivity contribution is 9.10. The van der Waals surface area contributed by atoms with Gasteiger partial charge in [-0.2, -0.15) is 0 Å². The molecule has 0 saturated carbocycles. The van der Waals surface area contributed by atoms with Crippen LogP contribution in [0.2, 0.25) is 0 Å². The third-order valence-electron chi connectivity index (χ3n) is 3.94. The number of imide groups is 1. The Morgan fingerprint density at radius 2 is 1.93 bits per heavy atom. The highest BCUT2D eigenvalue weighted by atomic mass is 79.9. The van der Waals surface area contributed by atoms with E-state index in [0.717, 1.165) is 27.4 Å². The van der Waals surface area contributed by atoms with Gasteiger partial charge in [-0.05, 0) is 48.5 Å². The summed E-state index contributed by atoms with van der Waals surface area (Å²) in [5.41, 5.74) is 2.47. The van der Waals surface area contributed by atoms with Crippen molar-refractivity contribution >= 4 is 50.9 Å². The minimum atomic E-state index is -1.10. The Balaban J connectivity index is 1.84. The van der Waals surface area contributed by atoms with Crippen LogP contribution >= 0.6 is 27.7 Å². The summed E-state index contributed by atoms with van der Waals surface area (Å²) in [7, 11) is 0. The molecule has 2 amide bonds. The molecule has 2 aromatic carbocycles. The molecule has 144 valence electrons. The first-order chi connectivity index (χ1) is 13.3. The molecule has 6 nitrogen and oxygen atoms in total. The van der Waals surface area contributed by atoms with E-state index in [1.54, 1.807) is 24.3 Å². The molecule has 3 rings (SSSR count). The van der Waals surface area contributed by atoms with Crippen molar-refractivity contribution in [3.05, 3.63) is 68.5 Å². The molecule has 1 saturated heterocycles. The van der Waals surface area contributed by atoms with Crippen LogP contribution in [0.25, 0.3) is 6.08 Å². The van der Waals surface area contributed by atoms with Gasteiger partial charge in [0, 0.05) is 10.0 Å². The van der Waals surface area contributed by atoms with E-state index < -0.39 is 12.6 Å². The molecular weight excluding hydrogens is 446 g/mol. The second-order valence-electron chi connectivity index (χ2n) is 6.12. The van der Waals surface area contributed by atoms with Crippen molar-refractivity contribution in [1.29, 1.82) is 0 Å². The van der Waals surface area contributed by atoms with Crippen LogP contribution < -0.4 is 4.74 Å². The number of rotatable bonds is 6. The van der Waals surface area contributed by atoms with Crippen molar-refractivity contribution in [1.82, 2.24) is 4.90 Å². The molecule has 2 aromatic rings. The molecule has 0 atom stereocenters. The summed E-state index contributed by atoms with van der Waals surface area (Å²) in [6.07, 6.45) is 1.54. The zero-order valence-electron chi connectivity index (χ0n) is 14.8. The highest BCUT2D eigenvalue weighted by Crippen LogP contribution is 2.35. The van der Waals surface area contributed by atoms with Crippen molar-refractivity contribution < 1.29 is 24.2 Å². The first-order valence-electron chi connectivity index (χ1n) is 8.28. The van der Waals surface area contributed by atoms with Gasteiger partial charge in [-0.15, -0.1) is 0 Å². The van der Waals surface area contributed by atoms with E-state index in [9.17, 15) is 14.4 Å². The van der Waals surface area contributed by atoms with E-state index in [1.165, 1.54) is 4.90 Å². The lowest BCUT2D eigenvalue weighted by Gasteiger charge is -2.12. The normalized spacial score (nSPS) is 15.4. The van der Waals surface area contributed by atoms with Gasteiger partial charge in [0.2, 0.25) is 0 Å². The molecule has 0 aromatic heterocycles. The number of hydrogen-bond donors (Lipinski definition) is 1. The number of carboxylic acids is 1. The first-order valence-corrected chi connectivity index (χ1v) is 9.89. The van der Waals surface area contributed by atoms with Gasteiger partial charge in [-0.3, -0.25) is 14.5 Å². The van der Waals surface area contributed by atoms with Crippen molar-refractivity contribution in [2.45, 2.75) is 13.5 Å². The summed E-state index contributed by atoms with van der Waals surface area (Å²) < 4.78 is 6.01. The van der Waals surface area contributed by atoms with Gasteiger partial charge in [0.1, 0.15) is 5.75 Å². The van der Waals surface area contributed by atoms with Crippen molar-refractivity contribution in [3.63, 3.8) is 0 Å². The number of amides is 2. The molecule has 8 heteroatoms. The fourth-order valence-corrected chi connectivity index (χ4v) is 3.76. The van der Waals surface area contributed by atoms with Crippen LogP contribution in [0, 0.1) is 6.92 Å². The number of carboxylic acid groups (broad SMARTS) is 1. The maximum atomic E-state index is 12.7. The molecule has 28 heavy (non-hydrogen) atoms. The number of aliphatic carboxylic acids is 1. The number of carbonyl (C=O) groups excluding carboxylic acids is 2. The summed E-state index contributed by atoms with van der Waals surface area (Å²) in [5, 5.41) is 8.47. The average Bonchev–Trinajstić information content (AvgIpc) is 2.90. The summed E-state index contributed by atoms with van der Waals surface area (Å²) in [5.74, 6) is -1.18. The van der Waals surface area contributed by atoms with Crippen LogP contribution in [0.5, 0.6) is 5.75 Å². The predicted molar refractivity (Wildman–Crippen MR) is 110 cm³/mol. The van der Waals surface area contributed by atoms with Crippen molar-refractivity contribution in [3.8, 4) is 5.75 Å². The Kier molecular flexibility index (Phi) is 6.21. The summed E-state index contributed by atoms with van der Waals surface area (Å²) in [4.78, 5) is 37.3. The van der Waals surface area contributed by atoms with Gasteiger partial charge >= 0.3 is 5.97 Å². The smallest absolute Gasteiger partial charge is 0.341 e. The zero-order valence-corrected chi connectivity index (χ0v) is 17.2. The fourth-order valence-electron chi connectivity index (χ4n) is 2.56. The molecule has 1 aliphatic rings. The summed E-state index contributed by atoms with van der Waals surface area (Å²) in [6.45, 7) is 1.66. The van der Waals surface area contributed by atoms with Gasteiger partial charge in [0.15, 0.2) is 6.61 Å². The number of carbonyl (C=O) groups is 3. The van der Waals surface area contributed by atoms with E-state index >= 15 is 0 Å². The van der Waals surface area contributed by atoms with Crippen LogP contribution in [0.3, 0.4) is 0 Å². The summed E-state index contributed by atoms with van der Waals surface area (Å²) in [6, 6.07) is 12.6. The summed E-state index contributed by atoms with van der Waals surface area (Å²) >= 11 is 4.19. The largest absolute Gasteiger partial charge is 0.481 e. The average molecular weight is 462 g/mol. The van der Waals surface area contributed by atoms with Gasteiger partial charge in [0.05, 0.1) is 11.4 Å². The number of halogens is 1. The van der Waals surface area contributed by atoms with Gasteiger partial charge in [-0.1, -0.05) is 45.8 Å². The second kappa shape index (κ2) is 8.62. The molecule has 0 radical (unpaired) electrons. The maximum Gasteiger partial charge on any atom is 0.341 e. The molecule has 0 unspecified atom stereocenters. The molecular formula is C20H16BrNO5S. The molecule has 0 aliphatic carbocycles. The van der Waals surface area contributed by atoms with Crippen molar-refractivity contribution in [2.75, 3.05) is 6.61 Å². The molecule has 0 bridgehead atoms. The number of thioether (sulfide) groups is 1. The quantitative estimate of drug-likeness (QED) is 0.639. The zero-order chi connectivity index (χ0) is 20.3. The lowest BCUT2D eigenvalue weighted by atomic mass is 10.1. The maximum absolute atomic E-state index is 12.7. The van der Waals surface area contributed by atoms with Crippen LogP contribution in [0.1, 0.15) is 16.7 Å². The van der Waals surface area contributed by atoms with E-state index in [4.69, 9.17) is 9.84 Å². The lowest BCUT2D eigenvalue weighted by Crippen LogP contribution is -2.27. The van der Waals surface area contributed by atoms with Crippen LogP contribution in [-0.4, -0.2) is 33.7 Å². The molecule has 1 aliphatic heterocycles. The standard InChI is InChI=1S/C20H16BrNO5S/c1-12-2-4-13(5-3-12)10-22-19(25)17(28-20(22)26)9-14-8-15(21)6-7-16(14)27-11-18(23)24/h2-9H,10-11H2,1H3,(H,23,24). The molecule has 1 N–H and O–H groups in total. The topological polar surface area (TPSA) is 83.9 Å². The minimum Gasteiger partial charge on any atom is -0.481 e. The number of hydrogen-bond acceptors (Lipinski definition) is 5. The molecule has 1 heterocycles. The second-order valence-corrected chi connectivity index (χ2v) is 8.03. The molecule has 0 spiro atoms. The number of benzene rings is 2. The Labute approximate surface area is 174 Å². The minimum absolute atomic E-state index is 0.198. The first kappa shape index (κ1) is 20.2. The Hall–Kier alpha value is -2.58. The van der Waals surface area contributed by atoms with E-state index in [2.05, 4.69) is 15.9 Å². The Morgan fingerprint density at radius 1 is 1.21 bits per heavy atom. The Bertz CT molecular complexity index is 971. The van der Waals surface area contributed by atoms with E-state index in [-0.39, 0.29) is 22.6 Å². The lowest BCUT2D eigenvalue weighted by molar-refractivity contribution is -0.139. The molecule has 1 fully saturated rings. The third-order valence-corrected chi connectivity index (χ3v) is 5.35. The third kappa shape index (κ3) is 4.82. The number of ether oxygens (including phenoxy) is 1. The van der Waals surface area contributed by atoms with Crippen LogP contribution in [0.4, 0.5) is 4.79 Å². The van der Waals surface area contributed by atoms with E-state index in [0.29, 0.717) is 11.3 Å². The highest BCUT2D eigenvalue weighted by Gasteiger charge is 2.35. The SMILES string of the molecule is Cc1ccc(CN2C(=O)SC(=Cc3cc(Br)ccc3OCC(=O)O)C2=O)cc1. The fraction of sp³-hybridized carbons (Fsp3) is 0.150. The predicted octanol–water partition coefficient (Wildman–Crippen LogP) is 4.46. The van der Waals surface area contributed by atoms with Crippen molar-refractivity contribution in [2.24, 2.45) is 0 Å². The monoisotopic (exact) mass is 461 g/mol. The Morgan fingerprint density at radius 3 is 2.61 bits per heavy atom.